The van der Waals surface area contributed by atoms with E-state index in [0.717, 1.165) is 5.88 Å². The smallest absolute Gasteiger partial charge is 0.0228 e. The molecule has 1 heteroatoms. The summed E-state index contributed by atoms with van der Waals surface area (Å²) >= 11 is 5.80. The largest absolute Gasteiger partial charge is 0.127 e. The Morgan fingerprint density at radius 2 is 1.69 bits per heavy atom. The highest BCUT2D eigenvalue weighted by molar-refractivity contribution is 6.17. The van der Waals surface area contributed by atoms with Crippen molar-refractivity contribution in [1.82, 2.24) is 0 Å². The molecule has 0 radical (unpaired) electrons. The third-order valence-electron chi connectivity index (χ3n) is 3.19. The Morgan fingerprint density at radius 3 is 2.15 bits per heavy atom. The van der Waals surface area contributed by atoms with E-state index in [-0.39, 0.29) is 0 Å². The van der Waals surface area contributed by atoms with Gasteiger partial charge in [-0.2, -0.15) is 0 Å². The highest BCUT2D eigenvalue weighted by Crippen LogP contribution is 2.32. The first-order valence-corrected chi connectivity index (χ1v) is 6.28. The zero-order valence-corrected chi connectivity index (χ0v) is 10.3. The van der Waals surface area contributed by atoms with Crippen LogP contribution in [0, 0.1) is 5.41 Å². The van der Waals surface area contributed by atoms with Crippen molar-refractivity contribution in [2.45, 2.75) is 65.7 Å². The molecule has 0 aliphatic rings. The first kappa shape index (κ1) is 13.3. The van der Waals surface area contributed by atoms with Gasteiger partial charge in [-0.25, -0.2) is 0 Å². The van der Waals surface area contributed by atoms with Gasteiger partial charge in [-0.3, -0.25) is 0 Å². The van der Waals surface area contributed by atoms with Crippen LogP contribution in [0.4, 0.5) is 0 Å². The normalized spacial score (nSPS) is 15.7. The lowest BCUT2D eigenvalue weighted by Crippen LogP contribution is -2.15. The van der Waals surface area contributed by atoms with Gasteiger partial charge in [0.25, 0.3) is 0 Å². The van der Waals surface area contributed by atoms with Gasteiger partial charge in [0.05, 0.1) is 0 Å². The Labute approximate surface area is 89.1 Å². The van der Waals surface area contributed by atoms with Crippen molar-refractivity contribution in [1.29, 1.82) is 0 Å². The van der Waals surface area contributed by atoms with Crippen LogP contribution in [-0.2, 0) is 0 Å². The molecule has 0 heterocycles. The monoisotopic (exact) mass is 204 g/mol. The summed E-state index contributed by atoms with van der Waals surface area (Å²) in [4.78, 5) is 0. The summed E-state index contributed by atoms with van der Waals surface area (Å²) in [7, 11) is 0. The lowest BCUT2D eigenvalue weighted by atomic mass is 9.80. The second-order valence-corrected chi connectivity index (χ2v) is 4.79. The predicted molar refractivity (Wildman–Crippen MR) is 62.5 cm³/mol. The molecule has 0 bridgehead atoms. The fourth-order valence-corrected chi connectivity index (χ4v) is 2.14. The van der Waals surface area contributed by atoms with Crippen LogP contribution in [0.3, 0.4) is 0 Å². The Hall–Kier alpha value is 0.290. The summed E-state index contributed by atoms with van der Waals surface area (Å²) in [5.41, 5.74) is 0.509. The van der Waals surface area contributed by atoms with Gasteiger partial charge in [0.1, 0.15) is 0 Å². The number of alkyl halides is 1. The summed E-state index contributed by atoms with van der Waals surface area (Å²) in [5, 5.41) is 0. The summed E-state index contributed by atoms with van der Waals surface area (Å²) < 4.78 is 0. The summed E-state index contributed by atoms with van der Waals surface area (Å²) in [6, 6.07) is 0. The van der Waals surface area contributed by atoms with E-state index in [2.05, 4.69) is 20.8 Å². The van der Waals surface area contributed by atoms with Crippen molar-refractivity contribution in [3.8, 4) is 0 Å². The molecule has 0 saturated carbocycles. The van der Waals surface area contributed by atoms with Crippen molar-refractivity contribution >= 4 is 11.6 Å². The number of halogens is 1. The summed E-state index contributed by atoms with van der Waals surface area (Å²) in [6.07, 6.45) is 9.31. The number of unbranched alkanes of at least 4 members (excludes halogenated alkanes) is 3. The molecule has 0 saturated heterocycles. The van der Waals surface area contributed by atoms with Gasteiger partial charge < -0.3 is 0 Å². The second-order valence-electron chi connectivity index (χ2n) is 4.41. The number of rotatable bonds is 8. The zero-order chi connectivity index (χ0) is 10.2. The molecule has 1 atom stereocenters. The fourth-order valence-electron chi connectivity index (χ4n) is 1.69. The molecule has 0 nitrogen and oxygen atoms in total. The van der Waals surface area contributed by atoms with Crippen LogP contribution in [0.15, 0.2) is 0 Å². The standard InChI is InChI=1S/C12H25Cl/c1-4-6-7-8-9-12(3,5-2)10-11-13/h4-11H2,1-3H3. The van der Waals surface area contributed by atoms with Crippen molar-refractivity contribution in [3.05, 3.63) is 0 Å². The highest BCUT2D eigenvalue weighted by Gasteiger charge is 2.20. The van der Waals surface area contributed by atoms with Crippen LogP contribution in [0.1, 0.15) is 65.7 Å². The van der Waals surface area contributed by atoms with E-state index in [0.29, 0.717) is 5.41 Å². The average Bonchev–Trinajstić information content (AvgIpc) is 2.13. The van der Waals surface area contributed by atoms with Gasteiger partial charge in [0.2, 0.25) is 0 Å². The first-order chi connectivity index (χ1) is 6.18. The van der Waals surface area contributed by atoms with E-state index >= 15 is 0 Å². The Kier molecular flexibility index (Phi) is 7.84. The van der Waals surface area contributed by atoms with E-state index in [1.54, 1.807) is 0 Å². The lowest BCUT2D eigenvalue weighted by molar-refractivity contribution is 0.264. The molecule has 0 aromatic rings. The van der Waals surface area contributed by atoms with Crippen LogP contribution < -0.4 is 0 Å². The third kappa shape index (κ3) is 6.37. The van der Waals surface area contributed by atoms with E-state index in [1.807, 2.05) is 0 Å². The Balaban J connectivity index is 3.57. The first-order valence-electron chi connectivity index (χ1n) is 5.74. The van der Waals surface area contributed by atoms with Gasteiger partial charge in [0.15, 0.2) is 0 Å². The molecule has 0 aliphatic heterocycles. The highest BCUT2D eigenvalue weighted by atomic mass is 35.5. The minimum absolute atomic E-state index is 0.509. The summed E-state index contributed by atoms with van der Waals surface area (Å²) in [6.45, 7) is 6.92. The van der Waals surface area contributed by atoms with Crippen molar-refractivity contribution in [3.63, 3.8) is 0 Å². The predicted octanol–water partition coefficient (Wildman–Crippen LogP) is 5.00. The summed E-state index contributed by atoms with van der Waals surface area (Å²) in [5.74, 6) is 0.818. The second kappa shape index (κ2) is 7.67. The minimum atomic E-state index is 0.509. The van der Waals surface area contributed by atoms with Gasteiger partial charge in [-0.15, -0.1) is 11.6 Å². The van der Waals surface area contributed by atoms with Crippen molar-refractivity contribution in [2.75, 3.05) is 5.88 Å². The molecule has 0 rings (SSSR count). The third-order valence-corrected chi connectivity index (χ3v) is 3.37. The maximum absolute atomic E-state index is 5.80. The van der Waals surface area contributed by atoms with Crippen LogP contribution >= 0.6 is 11.6 Å². The molecule has 0 amide bonds. The van der Waals surface area contributed by atoms with Gasteiger partial charge in [-0.05, 0) is 18.3 Å². The molecule has 13 heavy (non-hydrogen) atoms. The van der Waals surface area contributed by atoms with Gasteiger partial charge in [0, 0.05) is 5.88 Å². The molecule has 0 N–H and O–H groups in total. The van der Waals surface area contributed by atoms with Crippen molar-refractivity contribution in [2.24, 2.45) is 5.41 Å². The van der Waals surface area contributed by atoms with Crippen LogP contribution in [0.25, 0.3) is 0 Å². The van der Waals surface area contributed by atoms with E-state index in [4.69, 9.17) is 11.6 Å². The van der Waals surface area contributed by atoms with E-state index in [9.17, 15) is 0 Å². The Morgan fingerprint density at radius 1 is 1.00 bits per heavy atom. The number of hydrogen-bond donors (Lipinski definition) is 0. The molecule has 0 aromatic heterocycles. The molecular formula is C12H25Cl. The van der Waals surface area contributed by atoms with Gasteiger partial charge >= 0.3 is 0 Å². The maximum Gasteiger partial charge on any atom is 0.0228 e. The zero-order valence-electron chi connectivity index (χ0n) is 9.53. The lowest BCUT2D eigenvalue weighted by Gasteiger charge is -2.27. The van der Waals surface area contributed by atoms with Crippen LogP contribution in [-0.4, -0.2) is 5.88 Å². The Bertz CT molecular complexity index is 112. The SMILES string of the molecule is CCCCCCC(C)(CC)CCCl. The molecule has 0 spiro atoms. The fraction of sp³-hybridized carbons (Fsp3) is 1.00. The molecule has 80 valence electrons. The topological polar surface area (TPSA) is 0 Å². The maximum atomic E-state index is 5.80. The van der Waals surface area contributed by atoms with Crippen LogP contribution in [0.2, 0.25) is 0 Å². The quantitative estimate of drug-likeness (QED) is 0.386. The molecule has 1 unspecified atom stereocenters. The molecule has 0 aromatic carbocycles. The van der Waals surface area contributed by atoms with Crippen LogP contribution in [0.5, 0.6) is 0 Å². The average molecular weight is 205 g/mol. The van der Waals surface area contributed by atoms with Crippen molar-refractivity contribution < 1.29 is 0 Å². The molecular weight excluding hydrogens is 180 g/mol. The minimum Gasteiger partial charge on any atom is -0.127 e. The molecule has 0 fully saturated rings. The molecule has 0 aliphatic carbocycles. The van der Waals surface area contributed by atoms with Gasteiger partial charge in [-0.1, -0.05) is 52.9 Å². The number of hydrogen-bond acceptors (Lipinski definition) is 0. The van der Waals surface area contributed by atoms with E-state index in [1.165, 1.54) is 44.9 Å². The van der Waals surface area contributed by atoms with E-state index < -0.39 is 0 Å².